The molecule has 0 spiro atoms. The summed E-state index contributed by atoms with van der Waals surface area (Å²) in [6.07, 6.45) is 7.99. The lowest BCUT2D eigenvalue weighted by Crippen LogP contribution is -2.08. The minimum Gasteiger partial charge on any atom is -0.497 e. The summed E-state index contributed by atoms with van der Waals surface area (Å²) >= 11 is 3.35. The molecule has 2 aromatic heterocycles. The average molecular weight is 569 g/mol. The van der Waals surface area contributed by atoms with Crippen LogP contribution in [0.2, 0.25) is 0 Å². The van der Waals surface area contributed by atoms with Crippen molar-refractivity contribution in [2.24, 2.45) is 7.05 Å². The van der Waals surface area contributed by atoms with Crippen LogP contribution in [0.15, 0.2) is 71.2 Å². The second-order valence-corrected chi connectivity index (χ2v) is 12.3. The van der Waals surface area contributed by atoms with Crippen LogP contribution in [0.25, 0.3) is 27.9 Å². The maximum absolute atomic E-state index is 5.68. The summed E-state index contributed by atoms with van der Waals surface area (Å²) in [5.74, 6) is 0.901. The zero-order valence-electron chi connectivity index (χ0n) is 24.0. The molecule has 7 heteroatoms. The van der Waals surface area contributed by atoms with Crippen molar-refractivity contribution in [2.45, 2.75) is 37.8 Å². The molecule has 5 nitrogen and oxygen atoms in total. The molecule has 0 saturated heterocycles. The molecule has 2 aromatic carbocycles. The molecule has 0 fully saturated rings. The van der Waals surface area contributed by atoms with Crippen LogP contribution in [0.5, 0.6) is 5.75 Å². The van der Waals surface area contributed by atoms with Crippen molar-refractivity contribution in [3.05, 3.63) is 99.7 Å². The first-order chi connectivity index (χ1) is 19.2. The second-order valence-electron chi connectivity index (χ2n) is 10.3. The zero-order valence-corrected chi connectivity index (χ0v) is 25.6. The van der Waals surface area contributed by atoms with Crippen LogP contribution < -0.4 is 4.74 Å². The lowest BCUT2D eigenvalue weighted by molar-refractivity contribution is 0.414. The molecular formula is C33H36N4OS2. The number of thiazole rings is 1. The van der Waals surface area contributed by atoms with Crippen molar-refractivity contribution in [3.63, 3.8) is 0 Å². The average Bonchev–Trinajstić information content (AvgIpc) is 3.70. The summed E-state index contributed by atoms with van der Waals surface area (Å²) in [4.78, 5) is 13.0. The Morgan fingerprint density at radius 3 is 2.60 bits per heavy atom. The number of ether oxygens (including phenoxy) is 1. The molecule has 4 aromatic rings. The predicted octanol–water partition coefficient (Wildman–Crippen LogP) is 7.98. The molecule has 0 saturated carbocycles. The lowest BCUT2D eigenvalue weighted by atomic mass is 9.98. The minimum absolute atomic E-state index is 0.854. The Hall–Kier alpha value is -3.55. The lowest BCUT2D eigenvalue weighted by Gasteiger charge is -2.15. The van der Waals surface area contributed by atoms with Crippen molar-refractivity contribution in [1.29, 1.82) is 0 Å². The first kappa shape index (κ1) is 28.0. The highest BCUT2D eigenvalue weighted by molar-refractivity contribution is 8.02. The van der Waals surface area contributed by atoms with Gasteiger partial charge in [0, 0.05) is 50.4 Å². The van der Waals surface area contributed by atoms with Gasteiger partial charge in [-0.1, -0.05) is 56.1 Å². The normalized spacial score (nSPS) is 12.3. The molecular weight excluding hydrogens is 533 g/mol. The third kappa shape index (κ3) is 5.96. The van der Waals surface area contributed by atoms with Gasteiger partial charge in [0.15, 0.2) is 5.16 Å². The van der Waals surface area contributed by atoms with E-state index < -0.39 is 0 Å². The first-order valence-electron chi connectivity index (χ1n) is 13.5. The highest BCUT2D eigenvalue weighted by atomic mass is 32.2. The number of imidazole rings is 1. The summed E-state index contributed by atoms with van der Waals surface area (Å²) < 4.78 is 7.77. The number of rotatable bonds is 11. The fourth-order valence-electron chi connectivity index (χ4n) is 4.78. The summed E-state index contributed by atoms with van der Waals surface area (Å²) in [5.41, 5.74) is 10.5. The van der Waals surface area contributed by atoms with Gasteiger partial charge < -0.3 is 14.2 Å². The molecule has 1 aliphatic rings. The van der Waals surface area contributed by atoms with Crippen LogP contribution in [-0.2, 0) is 26.3 Å². The van der Waals surface area contributed by atoms with E-state index in [4.69, 9.17) is 14.7 Å². The number of fused-ring (bicyclic) bond motifs is 1. The Balaban J connectivity index is 1.33. The van der Waals surface area contributed by atoms with Gasteiger partial charge in [-0.2, -0.15) is 0 Å². The molecule has 0 unspecified atom stereocenters. The number of hydrogen-bond donors (Lipinski definition) is 0. The van der Waals surface area contributed by atoms with E-state index in [1.165, 1.54) is 22.3 Å². The zero-order chi connectivity index (χ0) is 28.4. The Morgan fingerprint density at radius 1 is 1.12 bits per heavy atom. The van der Waals surface area contributed by atoms with E-state index >= 15 is 0 Å². The number of benzene rings is 2. The van der Waals surface area contributed by atoms with Gasteiger partial charge in [0.2, 0.25) is 0 Å². The summed E-state index contributed by atoms with van der Waals surface area (Å²) in [6, 6.07) is 12.8. The Bertz CT molecular complexity index is 1590. The molecule has 40 heavy (non-hydrogen) atoms. The van der Waals surface area contributed by atoms with Gasteiger partial charge in [0.1, 0.15) is 10.8 Å². The van der Waals surface area contributed by atoms with E-state index in [1.807, 2.05) is 19.0 Å². The van der Waals surface area contributed by atoms with Crippen LogP contribution in [-0.4, -0.2) is 40.6 Å². The number of methoxy groups -OCH3 is 1. The number of aryl methyl sites for hydroxylation is 3. The fraction of sp³-hybridized carbons (Fsp3) is 0.273. The maximum Gasteiger partial charge on any atom is 0.172 e. The summed E-state index contributed by atoms with van der Waals surface area (Å²) in [7, 11) is 7.81. The molecule has 0 aliphatic heterocycles. The molecule has 2 heterocycles. The topological polar surface area (TPSA) is 43.2 Å². The molecule has 0 amide bonds. The molecule has 0 atom stereocenters. The van der Waals surface area contributed by atoms with Crippen LogP contribution >= 0.6 is 23.1 Å². The van der Waals surface area contributed by atoms with E-state index in [2.05, 4.69) is 85.7 Å². The number of nitrogens with zero attached hydrogens (tertiary/aromatic N) is 4. The number of hydrogen-bond acceptors (Lipinski definition) is 6. The van der Waals surface area contributed by atoms with Gasteiger partial charge in [0.05, 0.1) is 18.5 Å². The molecule has 1 aliphatic carbocycles. The fourth-order valence-corrected chi connectivity index (χ4v) is 6.38. The maximum atomic E-state index is 5.68. The van der Waals surface area contributed by atoms with Gasteiger partial charge in [-0.25, -0.2) is 9.97 Å². The smallest absolute Gasteiger partial charge is 0.172 e. The largest absolute Gasteiger partial charge is 0.497 e. The molecule has 5 rings (SSSR count). The minimum atomic E-state index is 0.854. The predicted molar refractivity (Wildman–Crippen MR) is 171 cm³/mol. The van der Waals surface area contributed by atoms with E-state index in [9.17, 15) is 0 Å². The van der Waals surface area contributed by atoms with Gasteiger partial charge in [-0.05, 0) is 70.2 Å². The van der Waals surface area contributed by atoms with E-state index in [1.54, 1.807) is 30.2 Å². The number of aromatic nitrogens is 3. The van der Waals surface area contributed by atoms with Crippen molar-refractivity contribution in [1.82, 2.24) is 19.4 Å². The van der Waals surface area contributed by atoms with Gasteiger partial charge in [-0.3, -0.25) is 0 Å². The van der Waals surface area contributed by atoms with E-state index in [0.717, 1.165) is 74.7 Å². The summed E-state index contributed by atoms with van der Waals surface area (Å²) in [6.45, 7) is 10.4. The van der Waals surface area contributed by atoms with Crippen molar-refractivity contribution < 1.29 is 4.74 Å². The highest BCUT2D eigenvalue weighted by Crippen LogP contribution is 2.38. The third-order valence-corrected chi connectivity index (χ3v) is 9.34. The third-order valence-electron chi connectivity index (χ3n) is 7.26. The Morgan fingerprint density at radius 2 is 1.90 bits per heavy atom. The quantitative estimate of drug-likeness (QED) is 0.172. The van der Waals surface area contributed by atoms with Crippen molar-refractivity contribution >= 4 is 40.4 Å². The van der Waals surface area contributed by atoms with Crippen LogP contribution in [0, 0.1) is 0 Å². The molecule has 0 bridgehead atoms. The Kier molecular flexibility index (Phi) is 8.33. The van der Waals surface area contributed by atoms with Crippen molar-refractivity contribution in [2.75, 3.05) is 21.2 Å². The first-order valence-corrected chi connectivity index (χ1v) is 15.2. The molecule has 0 radical (unpaired) electrons. The van der Waals surface area contributed by atoms with Gasteiger partial charge >= 0.3 is 0 Å². The highest BCUT2D eigenvalue weighted by Gasteiger charge is 2.21. The molecule has 206 valence electrons. The van der Waals surface area contributed by atoms with Crippen molar-refractivity contribution in [3.8, 4) is 16.3 Å². The SMILES string of the molecule is C=C(CC)Sc1nc(C2=Cc3c(CCc4csc(-c5ccc(C(=C)N(C)C)cc5)n4)cc(OC)cc3C2)cn1C. The van der Waals surface area contributed by atoms with Crippen LogP contribution in [0.4, 0.5) is 0 Å². The van der Waals surface area contributed by atoms with Crippen LogP contribution in [0.1, 0.15) is 47.0 Å². The standard InChI is InChI=1S/C33H36N4OS2/c1-8-21(2)40-33-35-31(19-37(33)6)27-15-26-17-29(38-7)16-25(30(26)18-27)13-14-28-20-39-32(34-28)24-11-9-23(10-12-24)22(3)36(4)5/h9-12,16-20H,2-3,8,13-15H2,1,4-7H3. The van der Waals surface area contributed by atoms with Crippen LogP contribution in [0.3, 0.4) is 0 Å². The van der Waals surface area contributed by atoms with E-state index in [-0.39, 0.29) is 0 Å². The second kappa shape index (κ2) is 11.9. The van der Waals surface area contributed by atoms with E-state index in [0.29, 0.717) is 0 Å². The van der Waals surface area contributed by atoms with Gasteiger partial charge in [-0.15, -0.1) is 11.3 Å². The number of allylic oxidation sites excluding steroid dienone is 2. The summed E-state index contributed by atoms with van der Waals surface area (Å²) in [5, 5.41) is 4.21. The Labute approximate surface area is 245 Å². The monoisotopic (exact) mass is 568 g/mol. The number of thioether (sulfide) groups is 1. The van der Waals surface area contributed by atoms with Gasteiger partial charge in [0.25, 0.3) is 0 Å². The molecule has 0 N–H and O–H groups in total.